The van der Waals surface area contributed by atoms with Crippen LogP contribution in [0.4, 0.5) is 0 Å². The van der Waals surface area contributed by atoms with Crippen LogP contribution < -0.4 is 0 Å². The fourth-order valence-electron chi connectivity index (χ4n) is 0.931. The van der Waals surface area contributed by atoms with Crippen molar-refractivity contribution < 1.29 is 4.43 Å². The Morgan fingerprint density at radius 2 is 1.92 bits per heavy atom. The van der Waals surface area contributed by atoms with E-state index in [1.165, 1.54) is 19.0 Å². The molecule has 0 aromatic rings. The minimum atomic E-state index is -1.01. The molecule has 0 aromatic heterocycles. The molecule has 0 radical (unpaired) electrons. The van der Waals surface area contributed by atoms with Gasteiger partial charge in [-0.3, -0.25) is 0 Å². The monoisotopic (exact) mass is 205 g/mol. The minimum Gasteiger partial charge on any atom is -0.427 e. The van der Waals surface area contributed by atoms with Gasteiger partial charge in [-0.1, -0.05) is 19.6 Å². The van der Waals surface area contributed by atoms with Crippen molar-refractivity contribution in [2.75, 3.05) is 20.7 Å². The van der Waals surface area contributed by atoms with Crippen LogP contribution in [-0.2, 0) is 4.43 Å². The maximum absolute atomic E-state index is 5.14. The first-order valence-corrected chi connectivity index (χ1v) is 9.71. The van der Waals surface area contributed by atoms with Crippen molar-refractivity contribution in [2.24, 2.45) is 0 Å². The maximum atomic E-state index is 5.14. The average molecular weight is 205 g/mol. The van der Waals surface area contributed by atoms with Gasteiger partial charge in [-0.25, -0.2) is 0 Å². The molecular formula is C8H23NOSi2. The molecule has 4 heteroatoms. The Morgan fingerprint density at radius 3 is 2.33 bits per heavy atom. The molecule has 0 rings (SSSR count). The van der Waals surface area contributed by atoms with E-state index in [2.05, 4.69) is 31.3 Å². The quantitative estimate of drug-likeness (QED) is 0.479. The van der Waals surface area contributed by atoms with Gasteiger partial charge >= 0.3 is 0 Å². The Hall–Kier alpha value is 0.354. The molecule has 74 valence electrons. The fourth-order valence-corrected chi connectivity index (χ4v) is 2.48. The average Bonchev–Trinajstić information content (AvgIpc) is 1.96. The van der Waals surface area contributed by atoms with Crippen molar-refractivity contribution in [1.82, 2.24) is 4.57 Å². The highest BCUT2D eigenvalue weighted by Crippen LogP contribution is 2.07. The minimum absolute atomic E-state index is 0.176. The van der Waals surface area contributed by atoms with Gasteiger partial charge in [0.2, 0.25) is 0 Å². The van der Waals surface area contributed by atoms with Gasteiger partial charge in [0.25, 0.3) is 0 Å². The molecule has 0 saturated heterocycles. The lowest BCUT2D eigenvalue weighted by atomic mass is 10.5. The summed E-state index contributed by atoms with van der Waals surface area (Å²) in [5.74, 6) is 0. The topological polar surface area (TPSA) is 12.5 Å². The van der Waals surface area contributed by atoms with E-state index in [1.54, 1.807) is 0 Å². The van der Waals surface area contributed by atoms with Crippen LogP contribution in [0, 0.1) is 0 Å². The van der Waals surface area contributed by atoms with Crippen molar-refractivity contribution >= 4 is 18.0 Å². The summed E-state index contributed by atoms with van der Waals surface area (Å²) in [5, 5.41) is 0. The van der Waals surface area contributed by atoms with Crippen LogP contribution in [0.3, 0.4) is 0 Å². The molecule has 0 atom stereocenters. The van der Waals surface area contributed by atoms with Crippen molar-refractivity contribution in [3.05, 3.63) is 0 Å². The van der Waals surface area contributed by atoms with Crippen LogP contribution in [0.1, 0.15) is 6.42 Å². The van der Waals surface area contributed by atoms with Gasteiger partial charge < -0.3 is 8.99 Å². The SMILES string of the molecule is CO[SiH2]CCCN(C)[Si](C)(C)C. The third-order valence-corrected chi connectivity index (χ3v) is 5.95. The normalized spacial score (nSPS) is 13.5. The van der Waals surface area contributed by atoms with Crippen molar-refractivity contribution in [1.29, 1.82) is 0 Å². The molecule has 0 fully saturated rings. The second kappa shape index (κ2) is 5.91. The first kappa shape index (κ1) is 12.4. The molecule has 0 aromatic carbocycles. The summed E-state index contributed by atoms with van der Waals surface area (Å²) in [6.45, 7) is 8.42. The standard InChI is InChI=1S/C8H23NOSi2/c1-9(12(3,4)5)7-6-8-11-10-2/h6-8,11H2,1-5H3. The van der Waals surface area contributed by atoms with Gasteiger partial charge in [-0.2, -0.15) is 0 Å². The number of hydrogen-bond donors (Lipinski definition) is 0. The Labute approximate surface area is 80.3 Å². The Morgan fingerprint density at radius 1 is 1.33 bits per heavy atom. The number of hydrogen-bond acceptors (Lipinski definition) is 2. The van der Waals surface area contributed by atoms with Crippen molar-refractivity contribution in [3.63, 3.8) is 0 Å². The second-order valence-electron chi connectivity index (χ2n) is 4.29. The highest BCUT2D eigenvalue weighted by atomic mass is 28.3. The van der Waals surface area contributed by atoms with E-state index in [0.29, 0.717) is 0 Å². The summed E-state index contributed by atoms with van der Waals surface area (Å²) in [7, 11) is 2.89. The first-order chi connectivity index (χ1) is 5.48. The Bertz CT molecular complexity index is 114. The second-order valence-corrected chi connectivity index (χ2v) is 11.1. The molecular weight excluding hydrogens is 182 g/mol. The van der Waals surface area contributed by atoms with E-state index in [0.717, 1.165) is 0 Å². The highest BCUT2D eigenvalue weighted by molar-refractivity contribution is 6.73. The van der Waals surface area contributed by atoms with Crippen molar-refractivity contribution in [3.8, 4) is 0 Å². The first-order valence-electron chi connectivity index (χ1n) is 4.68. The van der Waals surface area contributed by atoms with Gasteiger partial charge in [-0.05, 0) is 26.1 Å². The van der Waals surface area contributed by atoms with E-state index >= 15 is 0 Å². The van der Waals surface area contributed by atoms with E-state index in [9.17, 15) is 0 Å². The molecule has 0 aliphatic carbocycles. The largest absolute Gasteiger partial charge is 0.427 e. The molecule has 0 spiro atoms. The lowest BCUT2D eigenvalue weighted by Gasteiger charge is -2.29. The number of rotatable bonds is 6. The molecule has 0 bridgehead atoms. The third-order valence-electron chi connectivity index (χ3n) is 2.24. The zero-order chi connectivity index (χ0) is 9.61. The smallest absolute Gasteiger partial charge is 0.161 e. The zero-order valence-electron chi connectivity index (χ0n) is 9.18. The van der Waals surface area contributed by atoms with Gasteiger partial charge in [0.15, 0.2) is 9.76 Å². The third kappa shape index (κ3) is 5.94. The van der Waals surface area contributed by atoms with Crippen LogP contribution in [0.5, 0.6) is 0 Å². The summed E-state index contributed by atoms with van der Waals surface area (Å²) >= 11 is 0. The molecule has 0 amide bonds. The summed E-state index contributed by atoms with van der Waals surface area (Å²) in [6.07, 6.45) is 1.32. The van der Waals surface area contributed by atoms with E-state index in [1.807, 2.05) is 7.11 Å². The maximum Gasteiger partial charge on any atom is 0.161 e. The molecule has 2 nitrogen and oxygen atoms in total. The van der Waals surface area contributed by atoms with Crippen LogP contribution in [0.15, 0.2) is 0 Å². The molecule has 0 heterocycles. The summed E-state index contributed by atoms with van der Waals surface area (Å²) < 4.78 is 7.68. The fraction of sp³-hybridized carbons (Fsp3) is 1.00. The van der Waals surface area contributed by atoms with Gasteiger partial charge in [0.05, 0.1) is 0 Å². The van der Waals surface area contributed by atoms with Crippen LogP contribution in [0.2, 0.25) is 25.7 Å². The van der Waals surface area contributed by atoms with Crippen LogP contribution >= 0.6 is 0 Å². The Balaban J connectivity index is 3.38. The molecule has 0 aliphatic rings. The molecule has 0 aliphatic heterocycles. The van der Waals surface area contributed by atoms with Gasteiger partial charge in [0, 0.05) is 7.11 Å². The molecule has 0 N–H and O–H groups in total. The number of nitrogens with zero attached hydrogens (tertiary/aromatic N) is 1. The highest BCUT2D eigenvalue weighted by Gasteiger charge is 2.18. The van der Waals surface area contributed by atoms with Crippen LogP contribution in [0.25, 0.3) is 0 Å². The summed E-state index contributed by atoms with van der Waals surface area (Å²) in [6, 6.07) is 1.32. The molecule has 0 unspecified atom stereocenters. The Kier molecular flexibility index (Phi) is 6.08. The molecule has 0 saturated carbocycles. The van der Waals surface area contributed by atoms with E-state index < -0.39 is 8.24 Å². The van der Waals surface area contributed by atoms with Crippen LogP contribution in [-0.4, -0.2) is 43.3 Å². The predicted molar refractivity (Wildman–Crippen MR) is 61.0 cm³/mol. The van der Waals surface area contributed by atoms with E-state index in [-0.39, 0.29) is 9.76 Å². The van der Waals surface area contributed by atoms with Gasteiger partial charge in [0.1, 0.15) is 8.24 Å². The van der Waals surface area contributed by atoms with Gasteiger partial charge in [-0.15, -0.1) is 0 Å². The predicted octanol–water partition coefficient (Wildman–Crippen LogP) is 1.29. The lowest BCUT2D eigenvalue weighted by Crippen LogP contribution is -2.43. The van der Waals surface area contributed by atoms with Crippen molar-refractivity contribution in [2.45, 2.75) is 32.1 Å². The molecule has 12 heavy (non-hydrogen) atoms. The lowest BCUT2D eigenvalue weighted by molar-refractivity contribution is 0.433. The summed E-state index contributed by atoms with van der Waals surface area (Å²) in [5.41, 5.74) is 0. The summed E-state index contributed by atoms with van der Waals surface area (Å²) in [4.78, 5) is 0. The van der Waals surface area contributed by atoms with E-state index in [4.69, 9.17) is 4.43 Å². The zero-order valence-corrected chi connectivity index (χ0v) is 11.6.